The fourth-order valence-corrected chi connectivity index (χ4v) is 2.81. The highest BCUT2D eigenvalue weighted by molar-refractivity contribution is 5.39. The number of aromatic nitrogens is 2. The van der Waals surface area contributed by atoms with Crippen molar-refractivity contribution in [2.75, 3.05) is 18.0 Å². The van der Waals surface area contributed by atoms with Crippen LogP contribution in [-0.4, -0.2) is 29.3 Å². The molecule has 1 fully saturated rings. The van der Waals surface area contributed by atoms with Crippen molar-refractivity contribution in [1.82, 2.24) is 10.2 Å². The molecule has 2 atom stereocenters. The van der Waals surface area contributed by atoms with Crippen molar-refractivity contribution in [3.05, 3.63) is 17.8 Å². The smallest absolute Gasteiger partial charge is 0.151 e. The summed E-state index contributed by atoms with van der Waals surface area (Å²) in [6.07, 6.45) is 3.75. The van der Waals surface area contributed by atoms with Crippen LogP contribution >= 0.6 is 0 Å². The van der Waals surface area contributed by atoms with Gasteiger partial charge in [0.15, 0.2) is 5.82 Å². The van der Waals surface area contributed by atoms with Gasteiger partial charge in [0.1, 0.15) is 0 Å². The van der Waals surface area contributed by atoms with E-state index in [1.54, 1.807) is 0 Å². The van der Waals surface area contributed by atoms with Crippen LogP contribution in [0.25, 0.3) is 0 Å². The lowest BCUT2D eigenvalue weighted by atomic mass is 10.0. The maximum atomic E-state index is 5.86. The molecule has 1 aromatic rings. The highest BCUT2D eigenvalue weighted by Crippen LogP contribution is 2.31. The van der Waals surface area contributed by atoms with Crippen LogP contribution in [0.2, 0.25) is 0 Å². The summed E-state index contributed by atoms with van der Waals surface area (Å²) >= 11 is 0. The lowest BCUT2D eigenvalue weighted by Crippen LogP contribution is -2.41. The van der Waals surface area contributed by atoms with E-state index in [4.69, 9.17) is 5.73 Å². The fourth-order valence-electron chi connectivity index (χ4n) is 2.81. The first-order valence-electron chi connectivity index (χ1n) is 6.53. The second kappa shape index (κ2) is 5.45. The molecule has 2 N–H and O–H groups in total. The molecule has 17 heavy (non-hydrogen) atoms. The highest BCUT2D eigenvalue weighted by Gasteiger charge is 2.31. The average Bonchev–Trinajstić information content (AvgIpc) is 2.81. The number of anilines is 1. The largest absolute Gasteiger partial charge is 0.352 e. The quantitative estimate of drug-likeness (QED) is 0.862. The monoisotopic (exact) mass is 234 g/mol. The molecule has 0 spiro atoms. The molecule has 1 aromatic heterocycles. The SMILES string of the molecule is CCN(c1ccc(C)nn1)C1CCCC1CN. The van der Waals surface area contributed by atoms with E-state index in [2.05, 4.69) is 28.1 Å². The summed E-state index contributed by atoms with van der Waals surface area (Å²) in [4.78, 5) is 2.36. The van der Waals surface area contributed by atoms with E-state index in [1.807, 2.05) is 13.0 Å². The molecule has 2 rings (SSSR count). The molecule has 1 heterocycles. The van der Waals surface area contributed by atoms with Gasteiger partial charge in [0.05, 0.1) is 5.69 Å². The predicted molar refractivity (Wildman–Crippen MR) is 70.0 cm³/mol. The molecule has 94 valence electrons. The minimum Gasteiger partial charge on any atom is -0.352 e. The van der Waals surface area contributed by atoms with Gasteiger partial charge >= 0.3 is 0 Å². The Balaban J connectivity index is 2.18. The summed E-state index contributed by atoms with van der Waals surface area (Å²) in [6.45, 7) is 5.89. The lowest BCUT2D eigenvalue weighted by Gasteiger charge is -2.32. The number of aryl methyl sites for hydroxylation is 1. The Hall–Kier alpha value is -1.16. The van der Waals surface area contributed by atoms with Crippen LogP contribution < -0.4 is 10.6 Å². The molecule has 0 bridgehead atoms. The van der Waals surface area contributed by atoms with Crippen LogP contribution in [0.4, 0.5) is 5.82 Å². The van der Waals surface area contributed by atoms with Crippen LogP contribution in [0.3, 0.4) is 0 Å². The topological polar surface area (TPSA) is 55.0 Å². The van der Waals surface area contributed by atoms with E-state index < -0.39 is 0 Å². The molecule has 2 unspecified atom stereocenters. The second-order valence-corrected chi connectivity index (χ2v) is 4.81. The van der Waals surface area contributed by atoms with Gasteiger partial charge < -0.3 is 10.6 Å². The normalized spacial score (nSPS) is 23.9. The summed E-state index contributed by atoms with van der Waals surface area (Å²) in [6, 6.07) is 4.64. The first kappa shape index (κ1) is 12.3. The van der Waals surface area contributed by atoms with Crippen molar-refractivity contribution in [3.8, 4) is 0 Å². The van der Waals surface area contributed by atoms with Gasteiger partial charge in [-0.05, 0) is 51.3 Å². The summed E-state index contributed by atoms with van der Waals surface area (Å²) < 4.78 is 0. The number of nitrogens with two attached hydrogens (primary N) is 1. The van der Waals surface area contributed by atoms with Gasteiger partial charge in [-0.1, -0.05) is 6.42 Å². The Morgan fingerprint density at radius 3 is 2.76 bits per heavy atom. The first-order chi connectivity index (χ1) is 8.26. The molecule has 4 heteroatoms. The third kappa shape index (κ3) is 2.57. The van der Waals surface area contributed by atoms with Gasteiger partial charge in [0.25, 0.3) is 0 Å². The predicted octanol–water partition coefficient (Wildman–Crippen LogP) is 1.74. The van der Waals surface area contributed by atoms with E-state index in [1.165, 1.54) is 19.3 Å². The zero-order chi connectivity index (χ0) is 12.3. The van der Waals surface area contributed by atoms with Crippen molar-refractivity contribution in [3.63, 3.8) is 0 Å². The molecular formula is C13H22N4. The number of hydrogen-bond acceptors (Lipinski definition) is 4. The molecular weight excluding hydrogens is 212 g/mol. The van der Waals surface area contributed by atoms with Gasteiger partial charge in [-0.2, -0.15) is 5.10 Å². The summed E-state index contributed by atoms with van der Waals surface area (Å²) in [5.74, 6) is 1.60. The van der Waals surface area contributed by atoms with Gasteiger partial charge in [-0.25, -0.2) is 0 Å². The highest BCUT2D eigenvalue weighted by atomic mass is 15.3. The van der Waals surface area contributed by atoms with Crippen molar-refractivity contribution < 1.29 is 0 Å². The first-order valence-corrected chi connectivity index (χ1v) is 6.53. The van der Waals surface area contributed by atoms with Crippen molar-refractivity contribution in [2.24, 2.45) is 11.7 Å². The molecule has 1 aliphatic carbocycles. The van der Waals surface area contributed by atoms with Gasteiger partial charge in [-0.15, -0.1) is 5.10 Å². The minimum atomic E-state index is 0.544. The second-order valence-electron chi connectivity index (χ2n) is 4.81. The molecule has 0 radical (unpaired) electrons. The van der Waals surface area contributed by atoms with Crippen LogP contribution in [0.15, 0.2) is 12.1 Å². The summed E-state index contributed by atoms with van der Waals surface area (Å²) in [5, 5.41) is 8.45. The molecule has 4 nitrogen and oxygen atoms in total. The average molecular weight is 234 g/mol. The van der Waals surface area contributed by atoms with Crippen molar-refractivity contribution in [2.45, 2.75) is 39.2 Å². The molecule has 1 saturated carbocycles. The summed E-state index contributed by atoms with van der Waals surface area (Å²) in [7, 11) is 0. The van der Waals surface area contributed by atoms with E-state index in [0.717, 1.165) is 24.6 Å². The zero-order valence-electron chi connectivity index (χ0n) is 10.8. The standard InChI is InChI=1S/C13H22N4/c1-3-17(12-6-4-5-11(12)9-14)13-8-7-10(2)15-16-13/h7-8,11-12H,3-6,9,14H2,1-2H3. The van der Waals surface area contributed by atoms with Crippen LogP contribution in [-0.2, 0) is 0 Å². The van der Waals surface area contributed by atoms with E-state index in [9.17, 15) is 0 Å². The molecule has 1 aliphatic rings. The molecule has 0 saturated heterocycles. The number of hydrogen-bond donors (Lipinski definition) is 1. The fraction of sp³-hybridized carbons (Fsp3) is 0.692. The third-order valence-electron chi connectivity index (χ3n) is 3.74. The van der Waals surface area contributed by atoms with E-state index >= 15 is 0 Å². The molecule has 0 aliphatic heterocycles. The Kier molecular flexibility index (Phi) is 3.94. The third-order valence-corrected chi connectivity index (χ3v) is 3.74. The van der Waals surface area contributed by atoms with E-state index in [0.29, 0.717) is 12.0 Å². The Labute approximate surface area is 103 Å². The van der Waals surface area contributed by atoms with Crippen molar-refractivity contribution >= 4 is 5.82 Å². The molecule has 0 amide bonds. The lowest BCUT2D eigenvalue weighted by molar-refractivity contribution is 0.458. The van der Waals surface area contributed by atoms with E-state index in [-0.39, 0.29) is 0 Å². The van der Waals surface area contributed by atoms with Crippen LogP contribution in [0.1, 0.15) is 31.9 Å². The zero-order valence-corrected chi connectivity index (χ0v) is 10.8. The Morgan fingerprint density at radius 1 is 1.35 bits per heavy atom. The van der Waals surface area contributed by atoms with Gasteiger partial charge in [0, 0.05) is 12.6 Å². The Morgan fingerprint density at radius 2 is 2.18 bits per heavy atom. The van der Waals surface area contributed by atoms with Crippen LogP contribution in [0.5, 0.6) is 0 Å². The van der Waals surface area contributed by atoms with Crippen LogP contribution in [0, 0.1) is 12.8 Å². The van der Waals surface area contributed by atoms with Gasteiger partial charge in [0.2, 0.25) is 0 Å². The number of nitrogens with zero attached hydrogens (tertiary/aromatic N) is 3. The van der Waals surface area contributed by atoms with Gasteiger partial charge in [-0.3, -0.25) is 0 Å². The minimum absolute atomic E-state index is 0.544. The maximum Gasteiger partial charge on any atom is 0.151 e. The Bertz CT molecular complexity index is 349. The number of rotatable bonds is 4. The summed E-state index contributed by atoms with van der Waals surface area (Å²) in [5.41, 5.74) is 6.82. The van der Waals surface area contributed by atoms with Crippen molar-refractivity contribution in [1.29, 1.82) is 0 Å². The maximum absolute atomic E-state index is 5.86. The molecule has 0 aromatic carbocycles.